The van der Waals surface area contributed by atoms with Crippen LogP contribution in [0.1, 0.15) is 55.2 Å². The van der Waals surface area contributed by atoms with E-state index in [-0.39, 0.29) is 18.6 Å². The van der Waals surface area contributed by atoms with E-state index in [0.717, 1.165) is 70.2 Å². The number of methoxy groups -OCH3 is 1. The van der Waals surface area contributed by atoms with Gasteiger partial charge in [0.15, 0.2) is 18.1 Å². The van der Waals surface area contributed by atoms with Crippen molar-refractivity contribution in [3.05, 3.63) is 89.3 Å². The largest absolute Gasteiger partial charge is 0.493 e. The fourth-order valence-corrected chi connectivity index (χ4v) is 4.67. The van der Waals surface area contributed by atoms with E-state index in [9.17, 15) is 4.79 Å². The molecule has 0 fully saturated rings. The molecule has 1 unspecified atom stereocenters. The average Bonchev–Trinajstić information content (AvgIpc) is 3.32. The minimum absolute atomic E-state index is 0.0502. The number of amides is 1. The quantitative estimate of drug-likeness (QED) is 0.188. The van der Waals surface area contributed by atoms with Gasteiger partial charge in [0, 0.05) is 6.54 Å². The van der Waals surface area contributed by atoms with Crippen LogP contribution in [0.15, 0.2) is 66.7 Å². The van der Waals surface area contributed by atoms with Gasteiger partial charge in [-0.1, -0.05) is 42.5 Å². The molecular weight excluding hydrogens is 502 g/mol. The zero-order chi connectivity index (χ0) is 28.5. The highest BCUT2D eigenvalue weighted by molar-refractivity contribution is 5.79. The van der Waals surface area contributed by atoms with Crippen LogP contribution >= 0.6 is 0 Å². The average molecular weight is 542 g/mol. The Morgan fingerprint density at radius 2 is 1.82 bits per heavy atom. The second-order valence-electron chi connectivity index (χ2n) is 9.92. The topological polar surface area (TPSA) is 74.6 Å². The van der Waals surface area contributed by atoms with Crippen LogP contribution in [0, 0.1) is 13.8 Å². The lowest BCUT2D eigenvalue weighted by atomic mass is 10.1. The number of hydrogen-bond donors (Lipinski definition) is 1. The molecule has 1 heterocycles. The van der Waals surface area contributed by atoms with E-state index in [1.165, 1.54) is 0 Å². The summed E-state index contributed by atoms with van der Waals surface area (Å²) in [6.07, 6.45) is 5.77. The zero-order valence-electron chi connectivity index (χ0n) is 24.1. The minimum atomic E-state index is -0.279. The summed E-state index contributed by atoms with van der Waals surface area (Å²) >= 11 is 0. The molecular formula is C33H39N3O4. The highest BCUT2D eigenvalue weighted by Crippen LogP contribution is 2.29. The van der Waals surface area contributed by atoms with E-state index in [1.54, 1.807) is 7.11 Å². The molecule has 0 saturated carbocycles. The Morgan fingerprint density at radius 3 is 2.62 bits per heavy atom. The Kier molecular flexibility index (Phi) is 9.84. The summed E-state index contributed by atoms with van der Waals surface area (Å²) in [5, 5.41) is 3.06. The number of carbonyl (C=O) groups is 1. The van der Waals surface area contributed by atoms with Crippen molar-refractivity contribution in [2.45, 2.75) is 53.1 Å². The second kappa shape index (κ2) is 13.7. The van der Waals surface area contributed by atoms with E-state index in [4.69, 9.17) is 19.2 Å². The number of allylic oxidation sites excluding steroid dienone is 1. The first-order valence-corrected chi connectivity index (χ1v) is 13.8. The fraction of sp³-hybridized carbons (Fsp3) is 0.333. The van der Waals surface area contributed by atoms with Crippen molar-refractivity contribution in [2.24, 2.45) is 0 Å². The molecule has 0 saturated heterocycles. The van der Waals surface area contributed by atoms with Crippen molar-refractivity contribution in [3.8, 4) is 17.2 Å². The van der Waals surface area contributed by atoms with Gasteiger partial charge in [0.25, 0.3) is 5.91 Å². The Hall–Kier alpha value is -4.26. The van der Waals surface area contributed by atoms with Gasteiger partial charge in [0.05, 0.1) is 30.8 Å². The first kappa shape index (κ1) is 28.7. The van der Waals surface area contributed by atoms with E-state index in [1.807, 2.05) is 94.4 Å². The number of nitrogens with zero attached hydrogens (tertiary/aromatic N) is 2. The summed E-state index contributed by atoms with van der Waals surface area (Å²) in [6.45, 7) is 9.21. The lowest BCUT2D eigenvalue weighted by Gasteiger charge is -2.17. The number of rotatable bonds is 13. The minimum Gasteiger partial charge on any atom is -0.493 e. The smallest absolute Gasteiger partial charge is 0.258 e. The monoisotopic (exact) mass is 541 g/mol. The number of hydrogen-bond acceptors (Lipinski definition) is 5. The number of unbranched alkanes of at least 4 members (excludes halogenated alkanes) is 1. The summed E-state index contributed by atoms with van der Waals surface area (Å²) in [7, 11) is 1.66. The van der Waals surface area contributed by atoms with Gasteiger partial charge in [-0.3, -0.25) is 4.79 Å². The first-order valence-electron chi connectivity index (χ1n) is 13.8. The summed E-state index contributed by atoms with van der Waals surface area (Å²) in [4.78, 5) is 17.6. The van der Waals surface area contributed by atoms with E-state index in [0.29, 0.717) is 6.61 Å². The number of benzene rings is 3. The second-order valence-corrected chi connectivity index (χ2v) is 9.92. The molecule has 4 rings (SSSR count). The molecule has 7 nitrogen and oxygen atoms in total. The van der Waals surface area contributed by atoms with Crippen LogP contribution in [-0.4, -0.2) is 35.8 Å². The summed E-state index contributed by atoms with van der Waals surface area (Å²) < 4.78 is 19.5. The predicted molar refractivity (Wildman–Crippen MR) is 160 cm³/mol. The van der Waals surface area contributed by atoms with Crippen molar-refractivity contribution in [1.82, 2.24) is 14.9 Å². The maximum atomic E-state index is 12.8. The van der Waals surface area contributed by atoms with Crippen LogP contribution in [-0.2, 0) is 11.3 Å². The molecule has 0 aliphatic rings. The molecule has 1 aromatic heterocycles. The molecule has 40 heavy (non-hydrogen) atoms. The summed E-state index contributed by atoms with van der Waals surface area (Å²) in [5.41, 5.74) is 5.13. The van der Waals surface area contributed by atoms with Gasteiger partial charge in [0.1, 0.15) is 11.6 Å². The normalized spacial score (nSPS) is 12.0. The number of aryl methyl sites for hydroxylation is 3. The molecule has 0 radical (unpaired) electrons. The number of nitrogens with one attached hydrogen (secondary N) is 1. The summed E-state index contributed by atoms with van der Waals surface area (Å²) in [5.74, 6) is 2.83. The predicted octanol–water partition coefficient (Wildman–Crippen LogP) is 6.81. The zero-order valence-corrected chi connectivity index (χ0v) is 24.1. The number of para-hydroxylation sites is 2. The Balaban J connectivity index is 1.36. The molecule has 1 N–H and O–H groups in total. The van der Waals surface area contributed by atoms with Crippen LogP contribution in [0.5, 0.6) is 17.2 Å². The van der Waals surface area contributed by atoms with Gasteiger partial charge >= 0.3 is 0 Å². The van der Waals surface area contributed by atoms with E-state index in [2.05, 4.69) is 16.0 Å². The molecule has 1 atom stereocenters. The number of imidazole rings is 1. The van der Waals surface area contributed by atoms with E-state index < -0.39 is 0 Å². The van der Waals surface area contributed by atoms with Gasteiger partial charge in [-0.25, -0.2) is 4.98 Å². The van der Waals surface area contributed by atoms with Gasteiger partial charge in [-0.15, -0.1) is 0 Å². The van der Waals surface area contributed by atoms with Gasteiger partial charge in [-0.2, -0.15) is 0 Å². The number of ether oxygens (including phenoxy) is 3. The van der Waals surface area contributed by atoms with Crippen LogP contribution in [0.25, 0.3) is 17.1 Å². The van der Waals surface area contributed by atoms with Gasteiger partial charge < -0.3 is 24.1 Å². The van der Waals surface area contributed by atoms with Crippen molar-refractivity contribution < 1.29 is 19.0 Å². The lowest BCUT2D eigenvalue weighted by Crippen LogP contribution is -2.32. The molecule has 0 aliphatic carbocycles. The lowest BCUT2D eigenvalue weighted by molar-refractivity contribution is -0.123. The molecule has 0 spiro atoms. The fourth-order valence-electron chi connectivity index (χ4n) is 4.67. The van der Waals surface area contributed by atoms with Crippen LogP contribution in [0.4, 0.5) is 0 Å². The Morgan fingerprint density at radius 1 is 1.00 bits per heavy atom. The standard InChI is InChI=1S/C33H39N3O4/c1-6-11-26-16-17-29(31(21-26)38-5)39-19-10-9-18-36-28-13-8-7-12-27(28)35-33(36)25(4)34-32(37)22-40-30-20-23(2)14-15-24(30)3/h6-8,11-17,20-21,25H,9-10,18-19,22H2,1-5H3,(H,34,37)/b11-6+. The maximum Gasteiger partial charge on any atom is 0.258 e. The third-order valence-corrected chi connectivity index (χ3v) is 6.73. The van der Waals surface area contributed by atoms with Crippen molar-refractivity contribution in [3.63, 3.8) is 0 Å². The SMILES string of the molecule is C/C=C/c1ccc(OCCCCn2c(C(C)NC(=O)COc3cc(C)ccc3C)nc3ccccc32)c(OC)c1. The number of fused-ring (bicyclic) bond motifs is 1. The van der Waals surface area contributed by atoms with Crippen molar-refractivity contribution in [1.29, 1.82) is 0 Å². The maximum absolute atomic E-state index is 12.8. The van der Waals surface area contributed by atoms with Crippen LogP contribution in [0.2, 0.25) is 0 Å². The van der Waals surface area contributed by atoms with Crippen molar-refractivity contribution >= 4 is 23.0 Å². The molecule has 4 aromatic rings. The molecule has 210 valence electrons. The van der Waals surface area contributed by atoms with Crippen molar-refractivity contribution in [2.75, 3.05) is 20.3 Å². The van der Waals surface area contributed by atoms with E-state index >= 15 is 0 Å². The third-order valence-electron chi connectivity index (χ3n) is 6.73. The highest BCUT2D eigenvalue weighted by atomic mass is 16.5. The first-order chi connectivity index (χ1) is 19.4. The third kappa shape index (κ3) is 7.23. The molecule has 0 bridgehead atoms. The molecule has 3 aromatic carbocycles. The Labute approximate surface area is 236 Å². The van der Waals surface area contributed by atoms with Gasteiger partial charge in [-0.05, 0) is 87.6 Å². The highest BCUT2D eigenvalue weighted by Gasteiger charge is 2.19. The number of aromatic nitrogens is 2. The molecule has 0 aliphatic heterocycles. The Bertz CT molecular complexity index is 1470. The molecule has 1 amide bonds. The van der Waals surface area contributed by atoms with Crippen LogP contribution in [0.3, 0.4) is 0 Å². The summed E-state index contributed by atoms with van der Waals surface area (Å²) in [6, 6.07) is 19.7. The van der Waals surface area contributed by atoms with Gasteiger partial charge in [0.2, 0.25) is 0 Å². The number of carbonyl (C=O) groups excluding carboxylic acids is 1. The molecule has 7 heteroatoms. The van der Waals surface area contributed by atoms with Crippen LogP contribution < -0.4 is 19.5 Å².